The molecule has 0 aromatic heterocycles. The lowest BCUT2D eigenvalue weighted by Crippen LogP contribution is -2.36. The van der Waals surface area contributed by atoms with Crippen LogP contribution in [0.5, 0.6) is 0 Å². The number of carbonyl (C=O) groups excluding carboxylic acids is 2. The molecule has 2 amide bonds. The fourth-order valence-corrected chi connectivity index (χ4v) is 4.40. The highest BCUT2D eigenvalue weighted by Gasteiger charge is 2.23. The van der Waals surface area contributed by atoms with Crippen LogP contribution in [-0.2, 0) is 9.59 Å². The maximum absolute atomic E-state index is 12.6. The molecule has 1 aliphatic rings. The van der Waals surface area contributed by atoms with Gasteiger partial charge in [-0.15, -0.1) is 11.8 Å². The summed E-state index contributed by atoms with van der Waals surface area (Å²) in [5.74, 6) is 0.589. The number of amides is 2. The fourth-order valence-electron chi connectivity index (χ4n) is 3.40. The minimum Gasteiger partial charge on any atom is -0.387 e. The fraction of sp³-hybridized carbons (Fsp3) is 0.364. The zero-order valence-electron chi connectivity index (χ0n) is 16.3. The number of benzene rings is 2. The van der Waals surface area contributed by atoms with Crippen LogP contribution in [0.25, 0.3) is 0 Å². The van der Waals surface area contributed by atoms with Crippen LogP contribution in [0.15, 0.2) is 47.4 Å². The van der Waals surface area contributed by atoms with Gasteiger partial charge in [-0.25, -0.2) is 0 Å². The summed E-state index contributed by atoms with van der Waals surface area (Å²) in [7, 11) is 0. The normalized spacial score (nSPS) is 14.3. The van der Waals surface area contributed by atoms with E-state index in [9.17, 15) is 14.7 Å². The Kier molecular flexibility index (Phi) is 6.75. The molecule has 3 rings (SSSR count). The Morgan fingerprint density at radius 3 is 2.61 bits per heavy atom. The van der Waals surface area contributed by atoms with Crippen LogP contribution >= 0.6 is 11.8 Å². The highest BCUT2D eigenvalue weighted by molar-refractivity contribution is 7.99. The summed E-state index contributed by atoms with van der Waals surface area (Å²) in [6.07, 6.45) is -0.487. The number of aliphatic hydroxyl groups is 1. The predicted octanol–water partition coefficient (Wildman–Crippen LogP) is 3.37. The number of hydrogen-bond acceptors (Lipinski definition) is 4. The zero-order chi connectivity index (χ0) is 20.1. The second-order valence-corrected chi connectivity index (χ2v) is 8.24. The third-order valence-corrected chi connectivity index (χ3v) is 5.76. The van der Waals surface area contributed by atoms with Crippen molar-refractivity contribution in [3.8, 4) is 0 Å². The topological polar surface area (TPSA) is 69.6 Å². The summed E-state index contributed by atoms with van der Waals surface area (Å²) in [5.41, 5.74) is 3.86. The van der Waals surface area contributed by atoms with Crippen molar-refractivity contribution < 1.29 is 14.7 Å². The molecule has 2 aromatic carbocycles. The first kappa shape index (κ1) is 20.4. The van der Waals surface area contributed by atoms with Crippen LogP contribution in [0.1, 0.15) is 35.6 Å². The third kappa shape index (κ3) is 5.14. The molecule has 0 saturated heterocycles. The van der Waals surface area contributed by atoms with E-state index in [4.69, 9.17) is 0 Å². The molecule has 0 spiro atoms. The van der Waals surface area contributed by atoms with Gasteiger partial charge in [-0.3, -0.25) is 9.59 Å². The molecule has 2 aromatic rings. The van der Waals surface area contributed by atoms with E-state index >= 15 is 0 Å². The molecule has 0 bridgehead atoms. The van der Waals surface area contributed by atoms with Gasteiger partial charge in [-0.2, -0.15) is 0 Å². The molecule has 6 heteroatoms. The number of nitrogens with one attached hydrogen (secondary N) is 1. The Labute approximate surface area is 170 Å². The molecule has 28 heavy (non-hydrogen) atoms. The molecule has 0 aliphatic carbocycles. The highest BCUT2D eigenvalue weighted by atomic mass is 32.2. The average molecular weight is 399 g/mol. The number of anilines is 1. The molecule has 1 heterocycles. The molecule has 0 saturated carbocycles. The Morgan fingerprint density at radius 1 is 1.14 bits per heavy atom. The largest absolute Gasteiger partial charge is 0.387 e. The SMILES string of the molecule is Cc1cc(C)cc([C@@H](O)CNC(=O)CCC(=O)N2CCSc3ccccc32)c1. The van der Waals surface area contributed by atoms with E-state index < -0.39 is 6.10 Å². The molecule has 1 aliphatic heterocycles. The molecular weight excluding hydrogens is 372 g/mol. The first-order chi connectivity index (χ1) is 13.4. The molecule has 0 unspecified atom stereocenters. The van der Waals surface area contributed by atoms with E-state index in [1.165, 1.54) is 0 Å². The summed E-state index contributed by atoms with van der Waals surface area (Å²) >= 11 is 1.74. The minimum absolute atomic E-state index is 0.0437. The number of thioether (sulfide) groups is 1. The van der Waals surface area contributed by atoms with Crippen molar-refractivity contribution in [1.82, 2.24) is 5.32 Å². The van der Waals surface area contributed by atoms with Crippen molar-refractivity contribution in [3.05, 3.63) is 59.2 Å². The Balaban J connectivity index is 1.49. The number of aryl methyl sites for hydroxylation is 2. The first-order valence-corrected chi connectivity index (χ1v) is 10.5. The van der Waals surface area contributed by atoms with Crippen LogP contribution < -0.4 is 10.2 Å². The number of para-hydroxylation sites is 1. The van der Waals surface area contributed by atoms with Crippen LogP contribution in [0.2, 0.25) is 0 Å². The monoisotopic (exact) mass is 398 g/mol. The van der Waals surface area contributed by atoms with Gasteiger partial charge in [-0.1, -0.05) is 41.5 Å². The Morgan fingerprint density at radius 2 is 1.86 bits per heavy atom. The predicted molar refractivity (Wildman–Crippen MR) is 113 cm³/mol. The molecular formula is C22H26N2O3S. The lowest BCUT2D eigenvalue weighted by atomic mass is 10.0. The smallest absolute Gasteiger partial charge is 0.227 e. The van der Waals surface area contributed by atoms with Crippen LogP contribution in [0.3, 0.4) is 0 Å². The van der Waals surface area contributed by atoms with Crippen molar-refractivity contribution in [1.29, 1.82) is 0 Å². The second kappa shape index (κ2) is 9.26. The number of nitrogens with zero attached hydrogens (tertiary/aromatic N) is 1. The van der Waals surface area contributed by atoms with E-state index in [-0.39, 0.29) is 31.2 Å². The van der Waals surface area contributed by atoms with Gasteiger partial charge >= 0.3 is 0 Å². The van der Waals surface area contributed by atoms with Gasteiger partial charge in [0, 0.05) is 36.6 Å². The summed E-state index contributed by atoms with van der Waals surface area (Å²) < 4.78 is 0. The molecule has 1 atom stereocenters. The lowest BCUT2D eigenvalue weighted by molar-refractivity contribution is -0.125. The highest BCUT2D eigenvalue weighted by Crippen LogP contribution is 2.34. The lowest BCUT2D eigenvalue weighted by Gasteiger charge is -2.29. The number of rotatable bonds is 6. The zero-order valence-corrected chi connectivity index (χ0v) is 17.1. The van der Waals surface area contributed by atoms with Gasteiger partial charge < -0.3 is 15.3 Å². The van der Waals surface area contributed by atoms with Gasteiger partial charge in [0.05, 0.1) is 11.8 Å². The maximum atomic E-state index is 12.6. The summed E-state index contributed by atoms with van der Waals surface area (Å²) in [5, 5.41) is 13.1. The molecule has 0 radical (unpaired) electrons. The number of fused-ring (bicyclic) bond motifs is 1. The number of hydrogen-bond donors (Lipinski definition) is 2. The Bertz CT molecular complexity index is 848. The van der Waals surface area contributed by atoms with Crippen molar-refractivity contribution in [2.24, 2.45) is 0 Å². The van der Waals surface area contributed by atoms with Gasteiger partial charge in [0.2, 0.25) is 11.8 Å². The summed E-state index contributed by atoms with van der Waals surface area (Å²) in [6, 6.07) is 13.7. The summed E-state index contributed by atoms with van der Waals surface area (Å²) in [4.78, 5) is 27.6. The van der Waals surface area contributed by atoms with E-state index in [2.05, 4.69) is 5.32 Å². The number of aliphatic hydroxyl groups excluding tert-OH is 1. The van der Waals surface area contributed by atoms with Gasteiger partial charge in [0.25, 0.3) is 0 Å². The second-order valence-electron chi connectivity index (χ2n) is 7.10. The van der Waals surface area contributed by atoms with Crippen LogP contribution in [-0.4, -0.2) is 35.8 Å². The van der Waals surface area contributed by atoms with Crippen LogP contribution in [0.4, 0.5) is 5.69 Å². The van der Waals surface area contributed by atoms with E-state index in [1.807, 2.05) is 56.3 Å². The summed E-state index contributed by atoms with van der Waals surface area (Å²) in [6.45, 7) is 4.75. The molecule has 0 fully saturated rings. The van der Waals surface area contributed by atoms with Gasteiger partial charge in [-0.05, 0) is 31.5 Å². The number of carbonyl (C=O) groups is 2. The van der Waals surface area contributed by atoms with Crippen LogP contribution in [0, 0.1) is 13.8 Å². The maximum Gasteiger partial charge on any atom is 0.227 e. The molecule has 5 nitrogen and oxygen atoms in total. The quantitative estimate of drug-likeness (QED) is 0.783. The van der Waals surface area contributed by atoms with Crippen molar-refractivity contribution in [3.63, 3.8) is 0 Å². The van der Waals surface area contributed by atoms with Gasteiger partial charge in [0.15, 0.2) is 0 Å². The molecule has 148 valence electrons. The third-order valence-electron chi connectivity index (χ3n) is 4.72. The minimum atomic E-state index is -0.760. The van der Waals surface area contributed by atoms with Crippen molar-refractivity contribution in [2.75, 3.05) is 23.7 Å². The van der Waals surface area contributed by atoms with E-state index in [0.29, 0.717) is 6.54 Å². The van der Waals surface area contributed by atoms with E-state index in [0.717, 1.165) is 33.0 Å². The molecule has 2 N–H and O–H groups in total. The standard InChI is InChI=1S/C22H26N2O3S/c1-15-11-16(2)13-17(12-15)19(25)14-23-21(26)7-8-22(27)24-9-10-28-20-6-4-3-5-18(20)24/h3-6,11-13,19,25H,7-10,14H2,1-2H3,(H,23,26)/t19-/m0/s1. The van der Waals surface area contributed by atoms with Gasteiger partial charge in [0.1, 0.15) is 0 Å². The van der Waals surface area contributed by atoms with Crippen molar-refractivity contribution in [2.45, 2.75) is 37.7 Å². The first-order valence-electron chi connectivity index (χ1n) is 9.49. The van der Waals surface area contributed by atoms with Crippen molar-refractivity contribution >= 4 is 29.3 Å². The average Bonchev–Trinajstić information content (AvgIpc) is 2.69. The van der Waals surface area contributed by atoms with E-state index in [1.54, 1.807) is 16.7 Å². The Hall–Kier alpha value is -2.31.